The number of rotatable bonds is 8. The van der Waals surface area contributed by atoms with Crippen molar-refractivity contribution in [2.24, 2.45) is 5.73 Å². The summed E-state index contributed by atoms with van der Waals surface area (Å²) in [4.78, 5) is 27.7. The monoisotopic (exact) mass is 657 g/mol. The summed E-state index contributed by atoms with van der Waals surface area (Å²) >= 11 is 0. The number of nitrogens with zero attached hydrogens (tertiary/aromatic N) is 6. The van der Waals surface area contributed by atoms with E-state index in [0.717, 1.165) is 82.6 Å². The van der Waals surface area contributed by atoms with Crippen LogP contribution in [0.25, 0.3) is 10.9 Å². The normalized spacial score (nSPS) is 21.6. The maximum atomic E-state index is 16.1. The number of allylic oxidation sites excluding steroid dienone is 2. The van der Waals surface area contributed by atoms with E-state index in [1.165, 1.54) is 11.8 Å². The van der Waals surface area contributed by atoms with Crippen LogP contribution in [0.3, 0.4) is 0 Å². The summed E-state index contributed by atoms with van der Waals surface area (Å²) in [6.07, 6.45) is 14.3. The fourth-order valence-electron chi connectivity index (χ4n) is 7.81. The van der Waals surface area contributed by atoms with Gasteiger partial charge in [-0.3, -0.25) is 9.69 Å². The van der Waals surface area contributed by atoms with Gasteiger partial charge in [-0.05, 0) is 62.5 Å². The van der Waals surface area contributed by atoms with E-state index in [1.807, 2.05) is 31.5 Å². The van der Waals surface area contributed by atoms with Gasteiger partial charge in [0.2, 0.25) is 5.88 Å². The van der Waals surface area contributed by atoms with Gasteiger partial charge in [0, 0.05) is 82.1 Å². The molecule has 2 saturated heterocycles. The van der Waals surface area contributed by atoms with E-state index < -0.39 is 0 Å². The smallest absolute Gasteiger partial charge is 0.213 e. The van der Waals surface area contributed by atoms with Crippen molar-refractivity contribution in [3.63, 3.8) is 0 Å². The maximum Gasteiger partial charge on any atom is 0.213 e. The summed E-state index contributed by atoms with van der Waals surface area (Å²) in [5.74, 6) is 1.46. The third kappa shape index (κ3) is 6.32. The van der Waals surface area contributed by atoms with Crippen LogP contribution in [0.1, 0.15) is 62.6 Å². The number of piperidine rings is 1. The van der Waals surface area contributed by atoms with Gasteiger partial charge < -0.3 is 34.5 Å². The Bertz CT molecular complexity index is 1780. The summed E-state index contributed by atoms with van der Waals surface area (Å²) in [5, 5.41) is 0.390. The highest BCUT2D eigenvalue weighted by molar-refractivity contribution is 5.92. The van der Waals surface area contributed by atoms with Gasteiger partial charge in [0.15, 0.2) is 17.0 Å². The molecule has 3 aromatic rings. The van der Waals surface area contributed by atoms with Crippen molar-refractivity contribution in [1.82, 2.24) is 24.3 Å². The molecule has 2 fully saturated rings. The molecule has 4 aliphatic rings. The number of hydrogen-bond donors (Lipinski definition) is 1. The highest BCUT2D eigenvalue weighted by Gasteiger charge is 2.32. The lowest BCUT2D eigenvalue weighted by Gasteiger charge is -2.42. The Kier molecular flexibility index (Phi) is 9.22. The molecule has 4 aliphatic heterocycles. The van der Waals surface area contributed by atoms with Gasteiger partial charge in [-0.1, -0.05) is 12.8 Å². The minimum absolute atomic E-state index is 0.000551. The fourth-order valence-corrected chi connectivity index (χ4v) is 7.81. The molecule has 7 rings (SSSR count). The first-order valence-corrected chi connectivity index (χ1v) is 17.4. The molecule has 0 bridgehead atoms. The summed E-state index contributed by atoms with van der Waals surface area (Å²) < 4.78 is 30.0. The van der Waals surface area contributed by atoms with Crippen molar-refractivity contribution >= 4 is 16.6 Å². The predicted molar refractivity (Wildman–Crippen MR) is 187 cm³/mol. The zero-order chi connectivity index (χ0) is 33.4. The van der Waals surface area contributed by atoms with Crippen molar-refractivity contribution in [3.8, 4) is 11.6 Å². The quantitative estimate of drug-likeness (QED) is 0.361. The second kappa shape index (κ2) is 13.7. The molecule has 0 amide bonds. The number of methoxy groups -OCH3 is 1. The number of hydrogen-bond acceptors (Lipinski definition) is 9. The lowest BCUT2D eigenvalue weighted by molar-refractivity contribution is 0.0983. The number of benzene rings is 1. The number of anilines is 1. The maximum absolute atomic E-state index is 16.1. The number of halogens is 1. The average Bonchev–Trinajstić information content (AvgIpc) is 3.38. The topological polar surface area (TPSA) is 92.3 Å². The number of ether oxygens (including phenoxy) is 2. The predicted octanol–water partition coefficient (Wildman–Crippen LogP) is 4.97. The van der Waals surface area contributed by atoms with Gasteiger partial charge >= 0.3 is 0 Å². The Hall–Kier alpha value is -4.25. The first kappa shape index (κ1) is 32.3. The molecule has 0 radical (unpaired) electrons. The molecule has 0 saturated carbocycles. The largest absolute Gasteiger partial charge is 0.487 e. The Balaban J connectivity index is 1.26. The van der Waals surface area contributed by atoms with Crippen molar-refractivity contribution in [2.75, 3.05) is 58.4 Å². The van der Waals surface area contributed by atoms with Crippen molar-refractivity contribution in [2.45, 2.75) is 70.6 Å². The van der Waals surface area contributed by atoms with Crippen LogP contribution >= 0.6 is 0 Å². The Labute approximate surface area is 282 Å². The van der Waals surface area contributed by atoms with Crippen LogP contribution in [0.5, 0.6) is 11.6 Å². The van der Waals surface area contributed by atoms with Gasteiger partial charge in [-0.25, -0.2) is 9.37 Å². The van der Waals surface area contributed by atoms with Gasteiger partial charge in [0.1, 0.15) is 12.3 Å². The lowest BCUT2D eigenvalue weighted by Crippen LogP contribution is -2.49. The molecule has 256 valence electrons. The molecule has 2 atom stereocenters. The third-order valence-corrected chi connectivity index (χ3v) is 10.5. The van der Waals surface area contributed by atoms with E-state index in [1.54, 1.807) is 13.3 Å². The van der Waals surface area contributed by atoms with Crippen LogP contribution < -0.4 is 25.5 Å². The molecule has 10 nitrogen and oxygen atoms in total. The molecule has 0 spiro atoms. The SMILES string of the molecule is COc1cc(CN(Cc2cn3c4c(c(N5CCCCCC5)c(F)cc4c2=O)OCC3C)C2CCCN(C3=CC=C(N)N(C)C3)C2)ccn1. The molecule has 48 heavy (non-hydrogen) atoms. The van der Waals surface area contributed by atoms with E-state index in [-0.39, 0.29) is 23.3 Å². The van der Waals surface area contributed by atoms with E-state index in [9.17, 15) is 4.79 Å². The minimum Gasteiger partial charge on any atom is -0.487 e. The van der Waals surface area contributed by atoms with Crippen molar-refractivity contribution in [1.29, 1.82) is 0 Å². The van der Waals surface area contributed by atoms with Crippen LogP contribution in [-0.2, 0) is 13.1 Å². The zero-order valence-corrected chi connectivity index (χ0v) is 28.5. The van der Waals surface area contributed by atoms with Crippen molar-refractivity contribution in [3.05, 3.63) is 81.4 Å². The van der Waals surface area contributed by atoms with Crippen LogP contribution in [-0.4, -0.2) is 83.8 Å². The van der Waals surface area contributed by atoms with Crippen LogP contribution in [0.15, 0.2) is 59.1 Å². The molecule has 6 heterocycles. The third-order valence-electron chi connectivity index (χ3n) is 10.5. The highest BCUT2D eigenvalue weighted by Crippen LogP contribution is 2.42. The summed E-state index contributed by atoms with van der Waals surface area (Å²) in [5.41, 5.74) is 10.2. The molecular weight excluding hydrogens is 609 g/mol. The standard InChI is InChI=1S/C37H48FN7O3/c1-25-24-48-37-34-30(18-31(38)35(37)42-14-6-4-5-7-15-42)36(46)27(21-45(25)34)20-44(19-26-12-13-40-33(17-26)47-3)28-9-8-16-43(23-28)29-10-11-32(39)41(2)22-29/h10-13,17-18,21,25,28H,4-9,14-16,19-20,22-24,39H2,1-3H3. The summed E-state index contributed by atoms with van der Waals surface area (Å²) in [7, 11) is 3.64. The second-order valence-corrected chi connectivity index (χ2v) is 13.8. The average molecular weight is 658 g/mol. The number of nitrogens with two attached hydrogens (primary N) is 1. The number of likely N-dealkylation sites (tertiary alicyclic amines) is 1. The molecule has 2 aromatic heterocycles. The van der Waals surface area contributed by atoms with Crippen molar-refractivity contribution < 1.29 is 13.9 Å². The Morgan fingerprint density at radius 2 is 1.88 bits per heavy atom. The number of likely N-dealkylation sites (N-methyl/N-ethyl adjacent to an activating group) is 1. The van der Waals surface area contributed by atoms with Crippen LogP contribution in [0.2, 0.25) is 0 Å². The van der Waals surface area contributed by atoms with Gasteiger partial charge in [0.05, 0.1) is 36.4 Å². The van der Waals surface area contributed by atoms with Crippen LogP contribution in [0, 0.1) is 5.82 Å². The fraction of sp³-hybridized carbons (Fsp3) is 0.514. The molecule has 11 heteroatoms. The molecule has 0 aliphatic carbocycles. The van der Waals surface area contributed by atoms with E-state index >= 15 is 4.39 Å². The summed E-state index contributed by atoms with van der Waals surface area (Å²) in [6, 6.07) is 5.62. The zero-order valence-electron chi connectivity index (χ0n) is 28.5. The minimum atomic E-state index is -0.376. The first-order valence-electron chi connectivity index (χ1n) is 17.4. The Morgan fingerprint density at radius 3 is 2.65 bits per heavy atom. The van der Waals surface area contributed by atoms with Crippen LogP contribution in [0.4, 0.5) is 10.1 Å². The molecule has 2 N–H and O–H groups in total. The van der Waals surface area contributed by atoms with Gasteiger partial charge in [-0.2, -0.15) is 0 Å². The molecule has 2 unspecified atom stereocenters. The lowest BCUT2D eigenvalue weighted by atomic mass is 10.00. The second-order valence-electron chi connectivity index (χ2n) is 13.8. The highest BCUT2D eigenvalue weighted by atomic mass is 19.1. The van der Waals surface area contributed by atoms with E-state index in [0.29, 0.717) is 53.5 Å². The van der Waals surface area contributed by atoms with E-state index in [4.69, 9.17) is 15.2 Å². The van der Waals surface area contributed by atoms with E-state index in [2.05, 4.69) is 42.2 Å². The number of aromatic nitrogens is 2. The first-order chi connectivity index (χ1) is 23.3. The van der Waals surface area contributed by atoms with Gasteiger partial charge in [-0.15, -0.1) is 0 Å². The molecule has 1 aromatic carbocycles. The molecular formula is C37H48FN7O3. The van der Waals surface area contributed by atoms with Gasteiger partial charge in [0.25, 0.3) is 0 Å². The summed E-state index contributed by atoms with van der Waals surface area (Å²) in [6.45, 7) is 7.73. The number of pyridine rings is 2. The Morgan fingerprint density at radius 1 is 1.08 bits per heavy atom.